The van der Waals surface area contributed by atoms with Gasteiger partial charge in [0.25, 0.3) is 0 Å². The van der Waals surface area contributed by atoms with E-state index in [-0.39, 0.29) is 0 Å². The molecule has 0 saturated carbocycles. The van der Waals surface area contributed by atoms with Crippen LogP contribution in [0.25, 0.3) is 0 Å². The molecule has 0 spiro atoms. The Balaban J connectivity index is 3.73. The number of esters is 2. The highest BCUT2D eigenvalue weighted by Gasteiger charge is 2.22. The largest absolute Gasteiger partial charge is 0.463 e. The predicted molar refractivity (Wildman–Crippen MR) is 79.4 cm³/mol. The van der Waals surface area contributed by atoms with Gasteiger partial charge in [-0.2, -0.15) is 0 Å². The third-order valence-corrected chi connectivity index (χ3v) is 3.18. The highest BCUT2D eigenvalue weighted by Crippen LogP contribution is 2.13. The predicted octanol–water partition coefficient (Wildman–Crippen LogP) is 4.01. The quantitative estimate of drug-likeness (QED) is 0.402. The van der Waals surface area contributed by atoms with Crippen LogP contribution in [0.15, 0.2) is 0 Å². The summed E-state index contributed by atoms with van der Waals surface area (Å²) in [5.74, 6) is -0.853. The molecule has 0 saturated heterocycles. The Bertz CT molecular complexity index is 263. The first-order valence-electron chi connectivity index (χ1n) is 7.95. The highest BCUT2D eigenvalue weighted by atomic mass is 16.6. The Morgan fingerprint density at radius 1 is 0.900 bits per heavy atom. The van der Waals surface area contributed by atoms with Gasteiger partial charge in [0.05, 0.1) is 6.61 Å². The molecular formula is C16H30O4. The van der Waals surface area contributed by atoms with Crippen LogP contribution in [-0.2, 0) is 19.1 Å². The van der Waals surface area contributed by atoms with Crippen molar-refractivity contribution < 1.29 is 19.1 Å². The summed E-state index contributed by atoms with van der Waals surface area (Å²) >= 11 is 0. The molecule has 0 aliphatic heterocycles. The number of carbonyl (C=O) groups is 2. The van der Waals surface area contributed by atoms with Crippen molar-refractivity contribution in [3.8, 4) is 0 Å². The minimum Gasteiger partial charge on any atom is -0.463 e. The lowest BCUT2D eigenvalue weighted by molar-refractivity contribution is -0.166. The van der Waals surface area contributed by atoms with Crippen LogP contribution in [0, 0.1) is 0 Å². The van der Waals surface area contributed by atoms with Crippen LogP contribution in [0.2, 0.25) is 0 Å². The molecule has 0 rings (SSSR count). The van der Waals surface area contributed by atoms with E-state index in [1.807, 2.05) is 0 Å². The molecule has 20 heavy (non-hydrogen) atoms. The average Bonchev–Trinajstić information content (AvgIpc) is 2.40. The summed E-state index contributed by atoms with van der Waals surface area (Å²) in [5, 5.41) is 0. The van der Waals surface area contributed by atoms with Crippen LogP contribution in [0.3, 0.4) is 0 Å². The van der Waals surface area contributed by atoms with Gasteiger partial charge in [-0.05, 0) is 19.8 Å². The van der Waals surface area contributed by atoms with E-state index in [0.29, 0.717) is 13.0 Å². The fraction of sp³-hybridized carbons (Fsp3) is 0.875. The van der Waals surface area contributed by atoms with Crippen molar-refractivity contribution in [2.75, 3.05) is 6.61 Å². The van der Waals surface area contributed by atoms with Gasteiger partial charge in [0.2, 0.25) is 0 Å². The highest BCUT2D eigenvalue weighted by molar-refractivity contribution is 5.78. The summed E-state index contributed by atoms with van der Waals surface area (Å²) in [5.41, 5.74) is 0. The van der Waals surface area contributed by atoms with Crippen molar-refractivity contribution in [2.24, 2.45) is 0 Å². The summed E-state index contributed by atoms with van der Waals surface area (Å²) in [7, 11) is 0. The standard InChI is InChI=1S/C16H30O4/c1-4-6-7-8-9-10-11-12-13-15(20-14(3)17)16(18)19-5-2/h15H,4-13H2,1-3H3/t15-/m0/s1. The normalized spacial score (nSPS) is 11.9. The van der Waals surface area contributed by atoms with Crippen LogP contribution >= 0.6 is 0 Å². The molecule has 0 fully saturated rings. The first-order chi connectivity index (χ1) is 9.61. The van der Waals surface area contributed by atoms with Crippen LogP contribution in [0.4, 0.5) is 0 Å². The van der Waals surface area contributed by atoms with Crippen LogP contribution in [0.1, 0.15) is 78.6 Å². The third-order valence-electron chi connectivity index (χ3n) is 3.18. The van der Waals surface area contributed by atoms with E-state index in [4.69, 9.17) is 9.47 Å². The van der Waals surface area contributed by atoms with E-state index in [9.17, 15) is 9.59 Å². The summed E-state index contributed by atoms with van der Waals surface area (Å²) in [4.78, 5) is 22.6. The van der Waals surface area contributed by atoms with E-state index >= 15 is 0 Å². The van der Waals surface area contributed by atoms with Gasteiger partial charge in [-0.1, -0.05) is 51.9 Å². The van der Waals surface area contributed by atoms with Gasteiger partial charge in [-0.3, -0.25) is 4.79 Å². The fourth-order valence-corrected chi connectivity index (χ4v) is 2.12. The molecule has 0 heterocycles. The van der Waals surface area contributed by atoms with Crippen molar-refractivity contribution in [3.63, 3.8) is 0 Å². The molecule has 0 aromatic rings. The monoisotopic (exact) mass is 286 g/mol. The number of rotatable bonds is 12. The van der Waals surface area contributed by atoms with Gasteiger partial charge < -0.3 is 9.47 Å². The molecule has 0 amide bonds. The average molecular weight is 286 g/mol. The molecule has 4 nitrogen and oxygen atoms in total. The molecule has 0 aromatic heterocycles. The zero-order valence-corrected chi connectivity index (χ0v) is 13.3. The molecule has 0 aromatic carbocycles. The fourth-order valence-electron chi connectivity index (χ4n) is 2.12. The zero-order valence-electron chi connectivity index (χ0n) is 13.3. The maximum atomic E-state index is 11.6. The number of ether oxygens (including phenoxy) is 2. The topological polar surface area (TPSA) is 52.6 Å². The molecule has 0 aliphatic rings. The van der Waals surface area contributed by atoms with Crippen molar-refractivity contribution in [2.45, 2.75) is 84.7 Å². The number of hydrogen-bond acceptors (Lipinski definition) is 4. The van der Waals surface area contributed by atoms with Gasteiger partial charge in [0, 0.05) is 6.92 Å². The minimum atomic E-state index is -0.729. The Morgan fingerprint density at radius 2 is 1.45 bits per heavy atom. The number of hydrogen-bond donors (Lipinski definition) is 0. The Morgan fingerprint density at radius 3 is 1.95 bits per heavy atom. The van der Waals surface area contributed by atoms with E-state index in [2.05, 4.69) is 6.92 Å². The second kappa shape index (κ2) is 12.9. The van der Waals surface area contributed by atoms with Crippen LogP contribution < -0.4 is 0 Å². The zero-order chi connectivity index (χ0) is 15.2. The molecule has 0 radical (unpaired) electrons. The Kier molecular flexibility index (Phi) is 12.3. The summed E-state index contributed by atoms with van der Waals surface area (Å²) in [6, 6.07) is 0. The molecule has 1 atom stereocenters. The van der Waals surface area contributed by atoms with Crippen LogP contribution in [-0.4, -0.2) is 24.6 Å². The van der Waals surface area contributed by atoms with E-state index in [1.54, 1.807) is 6.92 Å². The maximum absolute atomic E-state index is 11.6. The Labute approximate surface area is 123 Å². The third kappa shape index (κ3) is 10.8. The van der Waals surface area contributed by atoms with E-state index in [0.717, 1.165) is 12.8 Å². The summed E-state index contributed by atoms with van der Waals surface area (Å²) < 4.78 is 9.92. The lowest BCUT2D eigenvalue weighted by atomic mass is 10.1. The van der Waals surface area contributed by atoms with E-state index < -0.39 is 18.0 Å². The van der Waals surface area contributed by atoms with Crippen molar-refractivity contribution >= 4 is 11.9 Å². The maximum Gasteiger partial charge on any atom is 0.347 e. The van der Waals surface area contributed by atoms with Gasteiger partial charge in [0.1, 0.15) is 0 Å². The van der Waals surface area contributed by atoms with Gasteiger partial charge in [0.15, 0.2) is 6.10 Å². The second-order valence-electron chi connectivity index (χ2n) is 5.11. The molecule has 0 bridgehead atoms. The smallest absolute Gasteiger partial charge is 0.347 e. The Hall–Kier alpha value is -1.06. The summed E-state index contributed by atoms with van der Waals surface area (Å²) in [6.45, 7) is 5.59. The number of unbranched alkanes of at least 4 members (excludes halogenated alkanes) is 7. The molecule has 118 valence electrons. The summed E-state index contributed by atoms with van der Waals surface area (Å²) in [6.07, 6.45) is 9.42. The van der Waals surface area contributed by atoms with Crippen LogP contribution in [0.5, 0.6) is 0 Å². The SMILES string of the molecule is CCCCCCCCCC[C@H](OC(C)=O)C(=O)OCC. The van der Waals surface area contributed by atoms with Crippen molar-refractivity contribution in [3.05, 3.63) is 0 Å². The molecule has 0 unspecified atom stereocenters. The van der Waals surface area contributed by atoms with Gasteiger partial charge >= 0.3 is 11.9 Å². The first kappa shape index (κ1) is 18.9. The minimum absolute atomic E-state index is 0.314. The van der Waals surface area contributed by atoms with Crippen molar-refractivity contribution in [1.29, 1.82) is 0 Å². The lowest BCUT2D eigenvalue weighted by Gasteiger charge is -2.15. The number of carbonyl (C=O) groups excluding carboxylic acids is 2. The first-order valence-corrected chi connectivity index (χ1v) is 7.95. The van der Waals surface area contributed by atoms with Gasteiger partial charge in [-0.15, -0.1) is 0 Å². The molecule has 4 heteroatoms. The second-order valence-corrected chi connectivity index (χ2v) is 5.11. The molecule has 0 aliphatic carbocycles. The van der Waals surface area contributed by atoms with E-state index in [1.165, 1.54) is 45.4 Å². The lowest BCUT2D eigenvalue weighted by Crippen LogP contribution is -2.28. The molecular weight excluding hydrogens is 256 g/mol. The van der Waals surface area contributed by atoms with Gasteiger partial charge in [-0.25, -0.2) is 4.79 Å². The van der Waals surface area contributed by atoms with Crippen molar-refractivity contribution in [1.82, 2.24) is 0 Å². The molecule has 0 N–H and O–H groups in total.